The van der Waals surface area contributed by atoms with Crippen LogP contribution < -0.4 is 5.73 Å². The molecule has 0 aromatic rings. The number of nitrogens with two attached hydrogens (primary N) is 1. The lowest BCUT2D eigenvalue weighted by atomic mass is 10.1. The molecule has 21 heavy (non-hydrogen) atoms. The third kappa shape index (κ3) is 5.85. The van der Waals surface area contributed by atoms with Crippen LogP contribution in [0.1, 0.15) is 45.4 Å². The highest BCUT2D eigenvalue weighted by Gasteiger charge is 2.20. The number of hydrogen-bond acceptors (Lipinski definition) is 4. The van der Waals surface area contributed by atoms with E-state index in [0.717, 1.165) is 13.0 Å². The van der Waals surface area contributed by atoms with Gasteiger partial charge < -0.3 is 15.5 Å². The molecule has 0 bridgehead atoms. The van der Waals surface area contributed by atoms with E-state index in [2.05, 4.69) is 21.6 Å². The standard InChI is InChI=1S/C17H36N4/c1-2-17(7-8-18)21-14-6-13-20(15-16-21)12-5-11-19-9-3-4-10-19/h17H,2-16,18H2,1H3. The second-order valence-corrected chi connectivity index (χ2v) is 6.77. The van der Waals surface area contributed by atoms with Gasteiger partial charge in [0, 0.05) is 19.1 Å². The minimum absolute atomic E-state index is 0.708. The second kappa shape index (κ2) is 9.78. The van der Waals surface area contributed by atoms with E-state index in [0.29, 0.717) is 6.04 Å². The Balaban J connectivity index is 1.65. The van der Waals surface area contributed by atoms with Crippen LogP contribution in [-0.2, 0) is 0 Å². The SMILES string of the molecule is CCC(CCN)N1CCCN(CCCN2CCCC2)CC1. The van der Waals surface area contributed by atoms with Crippen LogP contribution >= 0.6 is 0 Å². The van der Waals surface area contributed by atoms with Gasteiger partial charge in [-0.2, -0.15) is 0 Å². The fourth-order valence-corrected chi connectivity index (χ4v) is 3.94. The molecule has 0 saturated carbocycles. The molecule has 2 heterocycles. The zero-order valence-corrected chi connectivity index (χ0v) is 14.1. The van der Waals surface area contributed by atoms with Crippen molar-refractivity contribution in [2.75, 3.05) is 58.9 Å². The Morgan fingerprint density at radius 1 is 0.857 bits per heavy atom. The first-order chi connectivity index (χ1) is 10.3. The Kier molecular flexibility index (Phi) is 8.01. The molecule has 124 valence electrons. The highest BCUT2D eigenvalue weighted by atomic mass is 15.2. The molecule has 2 aliphatic heterocycles. The topological polar surface area (TPSA) is 35.7 Å². The van der Waals surface area contributed by atoms with E-state index in [1.54, 1.807) is 0 Å². The predicted molar refractivity (Wildman–Crippen MR) is 90.7 cm³/mol. The van der Waals surface area contributed by atoms with Crippen molar-refractivity contribution in [3.05, 3.63) is 0 Å². The van der Waals surface area contributed by atoms with Crippen molar-refractivity contribution in [2.45, 2.75) is 51.5 Å². The van der Waals surface area contributed by atoms with Crippen molar-refractivity contribution in [1.82, 2.24) is 14.7 Å². The van der Waals surface area contributed by atoms with Crippen LogP contribution in [0.25, 0.3) is 0 Å². The van der Waals surface area contributed by atoms with E-state index in [1.807, 2.05) is 0 Å². The first-order valence-corrected chi connectivity index (χ1v) is 9.22. The van der Waals surface area contributed by atoms with E-state index in [1.165, 1.54) is 84.5 Å². The molecular weight excluding hydrogens is 260 g/mol. The van der Waals surface area contributed by atoms with Gasteiger partial charge in [0.05, 0.1) is 0 Å². The van der Waals surface area contributed by atoms with Crippen molar-refractivity contribution < 1.29 is 0 Å². The molecule has 4 nitrogen and oxygen atoms in total. The van der Waals surface area contributed by atoms with E-state index in [-0.39, 0.29) is 0 Å². The van der Waals surface area contributed by atoms with Gasteiger partial charge in [-0.3, -0.25) is 4.90 Å². The van der Waals surface area contributed by atoms with Crippen LogP contribution in [0, 0.1) is 0 Å². The molecular formula is C17H36N4. The lowest BCUT2D eigenvalue weighted by Gasteiger charge is -2.29. The third-order valence-electron chi connectivity index (χ3n) is 5.26. The monoisotopic (exact) mass is 296 g/mol. The zero-order valence-electron chi connectivity index (χ0n) is 14.1. The van der Waals surface area contributed by atoms with E-state index in [4.69, 9.17) is 5.73 Å². The van der Waals surface area contributed by atoms with Gasteiger partial charge in [0.2, 0.25) is 0 Å². The van der Waals surface area contributed by atoms with Gasteiger partial charge in [-0.1, -0.05) is 6.92 Å². The summed E-state index contributed by atoms with van der Waals surface area (Å²) in [6.45, 7) is 13.5. The van der Waals surface area contributed by atoms with Crippen molar-refractivity contribution in [1.29, 1.82) is 0 Å². The van der Waals surface area contributed by atoms with Crippen LogP contribution in [0.15, 0.2) is 0 Å². The molecule has 0 radical (unpaired) electrons. The molecule has 0 aromatic carbocycles. The minimum Gasteiger partial charge on any atom is -0.330 e. The van der Waals surface area contributed by atoms with Gasteiger partial charge in [-0.05, 0) is 84.3 Å². The maximum absolute atomic E-state index is 5.76. The molecule has 0 spiro atoms. The maximum atomic E-state index is 5.76. The molecule has 4 heteroatoms. The second-order valence-electron chi connectivity index (χ2n) is 6.77. The summed E-state index contributed by atoms with van der Waals surface area (Å²) in [4.78, 5) is 8.01. The Morgan fingerprint density at radius 3 is 2.19 bits per heavy atom. The molecule has 2 N–H and O–H groups in total. The van der Waals surface area contributed by atoms with Gasteiger partial charge in [0.15, 0.2) is 0 Å². The molecule has 2 rings (SSSR count). The molecule has 1 atom stereocenters. The highest BCUT2D eigenvalue weighted by Crippen LogP contribution is 2.13. The number of likely N-dealkylation sites (tertiary alicyclic amines) is 1. The number of rotatable bonds is 8. The molecule has 2 saturated heterocycles. The molecule has 0 amide bonds. The summed E-state index contributed by atoms with van der Waals surface area (Å²) in [7, 11) is 0. The number of hydrogen-bond donors (Lipinski definition) is 1. The predicted octanol–water partition coefficient (Wildman–Crippen LogP) is 1.61. The van der Waals surface area contributed by atoms with Crippen molar-refractivity contribution in [3.8, 4) is 0 Å². The summed E-state index contributed by atoms with van der Waals surface area (Å²) in [6, 6.07) is 0.708. The summed E-state index contributed by atoms with van der Waals surface area (Å²) in [5, 5.41) is 0. The summed E-state index contributed by atoms with van der Waals surface area (Å²) in [5.41, 5.74) is 5.76. The Hall–Kier alpha value is -0.160. The first-order valence-electron chi connectivity index (χ1n) is 9.22. The van der Waals surface area contributed by atoms with Gasteiger partial charge in [-0.15, -0.1) is 0 Å². The largest absolute Gasteiger partial charge is 0.330 e. The minimum atomic E-state index is 0.708. The molecule has 0 aromatic heterocycles. The van der Waals surface area contributed by atoms with E-state index >= 15 is 0 Å². The van der Waals surface area contributed by atoms with Crippen LogP contribution in [0.4, 0.5) is 0 Å². The molecule has 1 unspecified atom stereocenters. The van der Waals surface area contributed by atoms with Crippen LogP contribution in [0.3, 0.4) is 0 Å². The van der Waals surface area contributed by atoms with Crippen LogP contribution in [-0.4, -0.2) is 79.6 Å². The molecule has 0 aliphatic carbocycles. The quantitative estimate of drug-likeness (QED) is 0.738. The van der Waals surface area contributed by atoms with Crippen molar-refractivity contribution in [3.63, 3.8) is 0 Å². The fourth-order valence-electron chi connectivity index (χ4n) is 3.94. The lowest BCUT2D eigenvalue weighted by molar-refractivity contribution is 0.184. The lowest BCUT2D eigenvalue weighted by Crippen LogP contribution is -2.39. The van der Waals surface area contributed by atoms with Gasteiger partial charge in [-0.25, -0.2) is 0 Å². The summed E-state index contributed by atoms with van der Waals surface area (Å²) in [6.07, 6.45) is 7.90. The highest BCUT2D eigenvalue weighted by molar-refractivity contribution is 4.77. The van der Waals surface area contributed by atoms with Crippen molar-refractivity contribution >= 4 is 0 Å². The first kappa shape index (κ1) is 17.2. The normalized spacial score (nSPS) is 24.3. The average molecular weight is 297 g/mol. The zero-order chi connectivity index (χ0) is 14.9. The van der Waals surface area contributed by atoms with E-state index in [9.17, 15) is 0 Å². The van der Waals surface area contributed by atoms with Crippen LogP contribution in [0.2, 0.25) is 0 Å². The fraction of sp³-hybridized carbons (Fsp3) is 1.00. The Bertz CT molecular complexity index is 266. The number of nitrogens with zero attached hydrogens (tertiary/aromatic N) is 3. The summed E-state index contributed by atoms with van der Waals surface area (Å²) >= 11 is 0. The smallest absolute Gasteiger partial charge is 0.0112 e. The summed E-state index contributed by atoms with van der Waals surface area (Å²) in [5.74, 6) is 0. The third-order valence-corrected chi connectivity index (χ3v) is 5.26. The molecule has 2 aliphatic rings. The van der Waals surface area contributed by atoms with Crippen molar-refractivity contribution in [2.24, 2.45) is 5.73 Å². The van der Waals surface area contributed by atoms with E-state index < -0.39 is 0 Å². The Labute approximate surface area is 131 Å². The maximum Gasteiger partial charge on any atom is 0.0112 e. The molecule has 2 fully saturated rings. The average Bonchev–Trinajstić information content (AvgIpc) is 2.90. The Morgan fingerprint density at radius 2 is 1.52 bits per heavy atom. The van der Waals surface area contributed by atoms with Crippen LogP contribution in [0.5, 0.6) is 0 Å². The summed E-state index contributed by atoms with van der Waals surface area (Å²) < 4.78 is 0. The van der Waals surface area contributed by atoms with Gasteiger partial charge >= 0.3 is 0 Å². The van der Waals surface area contributed by atoms with Gasteiger partial charge in [0.25, 0.3) is 0 Å². The van der Waals surface area contributed by atoms with Gasteiger partial charge in [0.1, 0.15) is 0 Å².